The summed E-state index contributed by atoms with van der Waals surface area (Å²) in [4.78, 5) is 21.9. The smallest absolute Gasteiger partial charge is 0.271 e. The lowest BCUT2D eigenvalue weighted by Crippen LogP contribution is -1.96. The van der Waals surface area contributed by atoms with Crippen LogP contribution in [0.4, 0.5) is 11.4 Å². The first-order valence-electron chi connectivity index (χ1n) is 5.94. The summed E-state index contributed by atoms with van der Waals surface area (Å²) >= 11 is 0. The molecular weight excluding hydrogens is 256 g/mol. The van der Waals surface area contributed by atoms with Gasteiger partial charge in [-0.1, -0.05) is 36.4 Å². The number of nitro groups is 1. The maximum absolute atomic E-state index is 11.8. The average Bonchev–Trinajstić information content (AvgIpc) is 2.48. The van der Waals surface area contributed by atoms with Crippen LogP contribution in [0.25, 0.3) is 0 Å². The summed E-state index contributed by atoms with van der Waals surface area (Å²) in [7, 11) is 0. The van der Waals surface area contributed by atoms with Crippen molar-refractivity contribution in [3.63, 3.8) is 0 Å². The van der Waals surface area contributed by atoms with Crippen LogP contribution in [0.2, 0.25) is 0 Å². The van der Waals surface area contributed by atoms with Crippen LogP contribution in [-0.4, -0.2) is 10.7 Å². The minimum atomic E-state index is -0.468. The molecule has 0 fully saturated rings. The number of nitro benzene ring substituents is 1. The van der Waals surface area contributed by atoms with Crippen LogP contribution < -0.4 is 5.32 Å². The lowest BCUT2D eigenvalue weighted by atomic mass is 10.1. The van der Waals surface area contributed by atoms with Gasteiger partial charge in [-0.05, 0) is 6.07 Å². The third-order valence-electron chi connectivity index (χ3n) is 2.60. The van der Waals surface area contributed by atoms with Crippen LogP contribution in [0.3, 0.4) is 0 Å². The zero-order valence-electron chi connectivity index (χ0n) is 10.5. The Kier molecular flexibility index (Phi) is 4.24. The molecule has 1 N–H and O–H groups in total. The Morgan fingerprint density at radius 1 is 1.10 bits per heavy atom. The van der Waals surface area contributed by atoms with E-state index in [0.29, 0.717) is 11.3 Å². The molecule has 2 rings (SSSR count). The zero-order valence-corrected chi connectivity index (χ0v) is 10.5. The minimum Gasteiger partial charge on any atom is -0.361 e. The van der Waals surface area contributed by atoms with Crippen molar-refractivity contribution < 1.29 is 9.72 Å². The van der Waals surface area contributed by atoms with E-state index in [4.69, 9.17) is 0 Å². The quantitative estimate of drug-likeness (QED) is 0.390. The summed E-state index contributed by atoms with van der Waals surface area (Å²) in [5, 5.41) is 13.5. The number of nitrogens with one attached hydrogen (secondary N) is 1. The molecule has 0 unspecified atom stereocenters. The van der Waals surface area contributed by atoms with E-state index >= 15 is 0 Å². The van der Waals surface area contributed by atoms with Gasteiger partial charge in [0, 0.05) is 35.7 Å². The van der Waals surface area contributed by atoms with E-state index in [1.165, 1.54) is 24.4 Å². The highest BCUT2D eigenvalue weighted by Crippen LogP contribution is 2.16. The summed E-state index contributed by atoms with van der Waals surface area (Å²) in [5.74, 6) is -0.136. The summed E-state index contributed by atoms with van der Waals surface area (Å²) < 4.78 is 0. The van der Waals surface area contributed by atoms with E-state index in [0.717, 1.165) is 0 Å². The summed E-state index contributed by atoms with van der Waals surface area (Å²) in [6.07, 6.45) is 2.85. The van der Waals surface area contributed by atoms with Crippen molar-refractivity contribution in [2.24, 2.45) is 0 Å². The van der Waals surface area contributed by atoms with Crippen LogP contribution in [0.5, 0.6) is 0 Å². The highest BCUT2D eigenvalue weighted by molar-refractivity contribution is 6.04. The third-order valence-corrected chi connectivity index (χ3v) is 2.60. The van der Waals surface area contributed by atoms with E-state index in [1.54, 1.807) is 36.4 Å². The van der Waals surface area contributed by atoms with Gasteiger partial charge < -0.3 is 5.32 Å². The molecule has 0 saturated carbocycles. The van der Waals surface area contributed by atoms with Crippen LogP contribution in [-0.2, 0) is 0 Å². The second kappa shape index (κ2) is 6.29. The first-order valence-corrected chi connectivity index (χ1v) is 5.94. The van der Waals surface area contributed by atoms with Crippen molar-refractivity contribution >= 4 is 17.2 Å². The molecule has 0 amide bonds. The van der Waals surface area contributed by atoms with Gasteiger partial charge in [0.15, 0.2) is 5.78 Å². The number of hydrogen-bond donors (Lipinski definition) is 1. The molecule has 5 nitrogen and oxygen atoms in total. The second-order valence-corrected chi connectivity index (χ2v) is 4.02. The molecule has 0 bridgehead atoms. The SMILES string of the molecule is O=C(/C=C\Nc1cccc([N+](=O)[O-])c1)c1ccccc1. The molecule has 0 radical (unpaired) electrons. The Balaban J connectivity index is 2.02. The Morgan fingerprint density at radius 2 is 1.85 bits per heavy atom. The van der Waals surface area contributed by atoms with Crippen LogP contribution in [0.15, 0.2) is 66.9 Å². The zero-order chi connectivity index (χ0) is 14.4. The van der Waals surface area contributed by atoms with E-state index < -0.39 is 4.92 Å². The molecule has 20 heavy (non-hydrogen) atoms. The molecular formula is C15H12N2O3. The van der Waals surface area contributed by atoms with Crippen molar-refractivity contribution in [3.8, 4) is 0 Å². The monoisotopic (exact) mass is 268 g/mol. The molecule has 0 heterocycles. The van der Waals surface area contributed by atoms with Gasteiger partial charge in [-0.25, -0.2) is 0 Å². The predicted octanol–water partition coefficient (Wildman–Crippen LogP) is 3.40. The van der Waals surface area contributed by atoms with Crippen LogP contribution in [0, 0.1) is 10.1 Å². The molecule has 5 heteroatoms. The third kappa shape index (κ3) is 3.52. The number of non-ortho nitro benzene ring substituents is 1. The molecule has 0 aliphatic carbocycles. The molecule has 0 aliphatic heterocycles. The topological polar surface area (TPSA) is 72.2 Å². The fourth-order valence-electron chi connectivity index (χ4n) is 1.62. The fraction of sp³-hybridized carbons (Fsp3) is 0. The minimum absolute atomic E-state index is 0.00205. The molecule has 0 aromatic heterocycles. The van der Waals surface area contributed by atoms with Crippen molar-refractivity contribution in [1.29, 1.82) is 0 Å². The summed E-state index contributed by atoms with van der Waals surface area (Å²) in [6, 6.07) is 14.9. The maximum atomic E-state index is 11.8. The number of anilines is 1. The van der Waals surface area contributed by atoms with Gasteiger partial charge in [0.25, 0.3) is 5.69 Å². The number of benzene rings is 2. The van der Waals surface area contributed by atoms with Gasteiger partial charge in [0.05, 0.1) is 4.92 Å². The Labute approximate surface area is 115 Å². The van der Waals surface area contributed by atoms with Crippen molar-refractivity contribution in [1.82, 2.24) is 0 Å². The van der Waals surface area contributed by atoms with E-state index in [1.807, 2.05) is 6.07 Å². The van der Waals surface area contributed by atoms with Crippen molar-refractivity contribution in [2.75, 3.05) is 5.32 Å². The van der Waals surface area contributed by atoms with Gasteiger partial charge in [-0.3, -0.25) is 14.9 Å². The van der Waals surface area contributed by atoms with Gasteiger partial charge in [0.2, 0.25) is 0 Å². The normalized spacial score (nSPS) is 10.4. The van der Waals surface area contributed by atoms with Gasteiger partial charge in [-0.15, -0.1) is 0 Å². The Bertz CT molecular complexity index is 651. The lowest BCUT2D eigenvalue weighted by molar-refractivity contribution is -0.384. The number of ketones is 1. The lowest BCUT2D eigenvalue weighted by Gasteiger charge is -2.00. The second-order valence-electron chi connectivity index (χ2n) is 4.02. The number of rotatable bonds is 5. The first-order chi connectivity index (χ1) is 9.66. The van der Waals surface area contributed by atoms with Crippen molar-refractivity contribution in [2.45, 2.75) is 0 Å². The average molecular weight is 268 g/mol. The standard InChI is InChI=1S/C15H12N2O3/c18-15(12-5-2-1-3-6-12)9-10-16-13-7-4-8-14(11-13)17(19)20/h1-11,16H/b10-9-. The van der Waals surface area contributed by atoms with Gasteiger partial charge in [0.1, 0.15) is 0 Å². The van der Waals surface area contributed by atoms with E-state index in [9.17, 15) is 14.9 Å². The van der Waals surface area contributed by atoms with E-state index in [-0.39, 0.29) is 11.5 Å². The molecule has 2 aromatic carbocycles. The number of nitrogens with zero attached hydrogens (tertiary/aromatic N) is 1. The van der Waals surface area contributed by atoms with Gasteiger partial charge >= 0.3 is 0 Å². The van der Waals surface area contributed by atoms with Crippen LogP contribution >= 0.6 is 0 Å². The van der Waals surface area contributed by atoms with Gasteiger partial charge in [-0.2, -0.15) is 0 Å². The molecule has 0 spiro atoms. The molecule has 0 aliphatic rings. The summed E-state index contributed by atoms with van der Waals surface area (Å²) in [6.45, 7) is 0. The largest absolute Gasteiger partial charge is 0.361 e. The van der Waals surface area contributed by atoms with Crippen molar-refractivity contribution in [3.05, 3.63) is 82.6 Å². The highest BCUT2D eigenvalue weighted by Gasteiger charge is 2.04. The number of carbonyl (C=O) groups excluding carboxylic acids is 1. The first kappa shape index (κ1) is 13.5. The fourth-order valence-corrected chi connectivity index (χ4v) is 1.62. The molecule has 100 valence electrons. The molecule has 0 saturated heterocycles. The number of allylic oxidation sites excluding steroid dienone is 1. The Morgan fingerprint density at radius 3 is 2.55 bits per heavy atom. The highest BCUT2D eigenvalue weighted by atomic mass is 16.6. The number of hydrogen-bond acceptors (Lipinski definition) is 4. The Hall–Kier alpha value is -2.95. The molecule has 2 aromatic rings. The molecule has 0 atom stereocenters. The van der Waals surface area contributed by atoms with Crippen LogP contribution in [0.1, 0.15) is 10.4 Å². The summed E-state index contributed by atoms with van der Waals surface area (Å²) in [5.41, 5.74) is 1.14. The predicted molar refractivity (Wildman–Crippen MR) is 76.6 cm³/mol. The maximum Gasteiger partial charge on any atom is 0.271 e. The number of carbonyl (C=O) groups is 1. The van der Waals surface area contributed by atoms with E-state index in [2.05, 4.69) is 5.32 Å².